The summed E-state index contributed by atoms with van der Waals surface area (Å²) in [6.07, 6.45) is 1.66. The fourth-order valence-electron chi connectivity index (χ4n) is 1.66. The van der Waals surface area contributed by atoms with E-state index in [0.29, 0.717) is 18.0 Å². The minimum absolute atomic E-state index is 0.0872. The first kappa shape index (κ1) is 13.1. The zero-order chi connectivity index (χ0) is 13.7. The van der Waals surface area contributed by atoms with Crippen LogP contribution in [0.2, 0.25) is 0 Å². The summed E-state index contributed by atoms with van der Waals surface area (Å²) in [4.78, 5) is 15.9. The van der Waals surface area contributed by atoms with Crippen LogP contribution >= 0.6 is 0 Å². The van der Waals surface area contributed by atoms with Crippen molar-refractivity contribution in [2.75, 3.05) is 7.11 Å². The van der Waals surface area contributed by atoms with Crippen LogP contribution in [-0.4, -0.2) is 18.0 Å². The van der Waals surface area contributed by atoms with E-state index < -0.39 is 0 Å². The Balaban J connectivity index is 1.98. The van der Waals surface area contributed by atoms with Crippen molar-refractivity contribution in [3.8, 4) is 5.88 Å². The molecule has 1 heterocycles. The summed E-state index contributed by atoms with van der Waals surface area (Å²) in [5, 5.41) is 2.86. The highest BCUT2D eigenvalue weighted by Gasteiger charge is 2.05. The fourth-order valence-corrected chi connectivity index (χ4v) is 1.66. The minimum atomic E-state index is -0.0872. The zero-order valence-corrected chi connectivity index (χ0v) is 11.0. The van der Waals surface area contributed by atoms with Crippen LogP contribution in [0.1, 0.15) is 21.5 Å². The molecular formula is C15H16N2O2. The van der Waals surface area contributed by atoms with E-state index in [1.54, 1.807) is 19.4 Å². The molecule has 0 spiro atoms. The zero-order valence-electron chi connectivity index (χ0n) is 11.0. The fraction of sp³-hybridized carbons (Fsp3) is 0.200. The first-order valence-corrected chi connectivity index (χ1v) is 6.03. The Hall–Kier alpha value is -2.36. The predicted octanol–water partition coefficient (Wildman–Crippen LogP) is 2.33. The van der Waals surface area contributed by atoms with E-state index in [1.807, 2.05) is 37.3 Å². The number of aryl methyl sites for hydroxylation is 1. The average molecular weight is 256 g/mol. The van der Waals surface area contributed by atoms with E-state index in [9.17, 15) is 4.79 Å². The van der Waals surface area contributed by atoms with E-state index in [0.717, 1.165) is 11.1 Å². The highest BCUT2D eigenvalue weighted by Crippen LogP contribution is 2.09. The normalized spacial score (nSPS) is 10.0. The number of ether oxygens (including phenoxy) is 1. The lowest BCUT2D eigenvalue weighted by molar-refractivity contribution is 0.0951. The summed E-state index contributed by atoms with van der Waals surface area (Å²) in [6, 6.07) is 11.1. The molecule has 0 aliphatic rings. The lowest BCUT2D eigenvalue weighted by Crippen LogP contribution is -2.22. The number of carbonyl (C=O) groups is 1. The van der Waals surface area contributed by atoms with Crippen molar-refractivity contribution in [2.45, 2.75) is 13.5 Å². The van der Waals surface area contributed by atoms with Crippen molar-refractivity contribution in [1.29, 1.82) is 0 Å². The topological polar surface area (TPSA) is 51.2 Å². The maximum absolute atomic E-state index is 11.9. The molecule has 4 nitrogen and oxygen atoms in total. The minimum Gasteiger partial charge on any atom is -0.481 e. The second-order valence-corrected chi connectivity index (χ2v) is 4.26. The molecule has 0 aliphatic carbocycles. The average Bonchev–Trinajstić information content (AvgIpc) is 2.46. The van der Waals surface area contributed by atoms with Crippen molar-refractivity contribution in [3.05, 3.63) is 59.3 Å². The van der Waals surface area contributed by atoms with Gasteiger partial charge < -0.3 is 10.1 Å². The quantitative estimate of drug-likeness (QED) is 0.913. The number of pyridine rings is 1. The first-order chi connectivity index (χ1) is 9.19. The molecule has 1 amide bonds. The number of aromatic nitrogens is 1. The number of hydrogen-bond donors (Lipinski definition) is 1. The number of nitrogens with one attached hydrogen (secondary N) is 1. The summed E-state index contributed by atoms with van der Waals surface area (Å²) in [6.45, 7) is 2.44. The highest BCUT2D eigenvalue weighted by molar-refractivity contribution is 5.94. The van der Waals surface area contributed by atoms with Gasteiger partial charge in [0.15, 0.2) is 0 Å². The van der Waals surface area contributed by atoms with Gasteiger partial charge in [0.25, 0.3) is 5.91 Å². The molecule has 0 aliphatic heterocycles. The van der Waals surface area contributed by atoms with Gasteiger partial charge in [0.05, 0.1) is 7.11 Å². The van der Waals surface area contributed by atoms with E-state index >= 15 is 0 Å². The maximum atomic E-state index is 11.9. The van der Waals surface area contributed by atoms with Gasteiger partial charge in [-0.25, -0.2) is 4.98 Å². The molecule has 0 saturated carbocycles. The largest absolute Gasteiger partial charge is 0.481 e. The molecule has 2 rings (SSSR count). The molecule has 0 atom stereocenters. The van der Waals surface area contributed by atoms with Crippen molar-refractivity contribution in [2.24, 2.45) is 0 Å². The van der Waals surface area contributed by atoms with Crippen molar-refractivity contribution in [3.63, 3.8) is 0 Å². The van der Waals surface area contributed by atoms with Crippen LogP contribution in [-0.2, 0) is 6.54 Å². The summed E-state index contributed by atoms with van der Waals surface area (Å²) in [7, 11) is 1.57. The van der Waals surface area contributed by atoms with Crippen molar-refractivity contribution < 1.29 is 9.53 Å². The SMILES string of the molecule is COc1cc(CNC(=O)c2ccc(C)cc2)ccn1. The second-order valence-electron chi connectivity index (χ2n) is 4.26. The Kier molecular flexibility index (Phi) is 4.13. The van der Waals surface area contributed by atoms with Crippen LogP contribution in [0.4, 0.5) is 0 Å². The van der Waals surface area contributed by atoms with Crippen LogP contribution in [0.5, 0.6) is 5.88 Å². The van der Waals surface area contributed by atoms with Gasteiger partial charge in [-0.2, -0.15) is 0 Å². The number of nitrogens with zero attached hydrogens (tertiary/aromatic N) is 1. The molecule has 1 aromatic heterocycles. The Morgan fingerprint density at radius 2 is 2.00 bits per heavy atom. The number of amides is 1. The lowest BCUT2D eigenvalue weighted by Gasteiger charge is -2.06. The van der Waals surface area contributed by atoms with Gasteiger partial charge in [-0.1, -0.05) is 17.7 Å². The van der Waals surface area contributed by atoms with Gasteiger partial charge in [0, 0.05) is 24.4 Å². The molecule has 98 valence electrons. The lowest BCUT2D eigenvalue weighted by atomic mass is 10.1. The number of hydrogen-bond acceptors (Lipinski definition) is 3. The second kappa shape index (κ2) is 6.00. The standard InChI is InChI=1S/C15H16N2O2/c1-11-3-5-13(6-4-11)15(18)17-10-12-7-8-16-14(9-12)19-2/h3-9H,10H2,1-2H3,(H,17,18). The number of methoxy groups -OCH3 is 1. The molecule has 4 heteroatoms. The molecule has 0 bridgehead atoms. The summed E-state index contributed by atoms with van der Waals surface area (Å²) in [5.74, 6) is 0.456. The third kappa shape index (κ3) is 3.55. The number of rotatable bonds is 4. The number of carbonyl (C=O) groups excluding carboxylic acids is 1. The van der Waals surface area contributed by atoms with Crippen LogP contribution in [0.25, 0.3) is 0 Å². The summed E-state index contributed by atoms with van der Waals surface area (Å²) >= 11 is 0. The van der Waals surface area contributed by atoms with Crippen LogP contribution < -0.4 is 10.1 Å². The Morgan fingerprint density at radius 3 is 2.68 bits per heavy atom. The third-order valence-corrected chi connectivity index (χ3v) is 2.78. The van der Waals surface area contributed by atoms with Gasteiger partial charge in [0.2, 0.25) is 5.88 Å². The van der Waals surface area contributed by atoms with Crippen LogP contribution in [0.15, 0.2) is 42.6 Å². The van der Waals surface area contributed by atoms with Gasteiger partial charge in [-0.3, -0.25) is 4.79 Å². The monoisotopic (exact) mass is 256 g/mol. The van der Waals surface area contributed by atoms with Crippen LogP contribution in [0.3, 0.4) is 0 Å². The summed E-state index contributed by atoms with van der Waals surface area (Å²) < 4.78 is 5.04. The van der Waals surface area contributed by atoms with Gasteiger partial charge in [-0.05, 0) is 30.7 Å². The molecule has 1 N–H and O–H groups in total. The van der Waals surface area contributed by atoms with Crippen LogP contribution in [0, 0.1) is 6.92 Å². The third-order valence-electron chi connectivity index (χ3n) is 2.78. The first-order valence-electron chi connectivity index (χ1n) is 6.03. The Morgan fingerprint density at radius 1 is 1.26 bits per heavy atom. The Bertz CT molecular complexity index is 565. The molecule has 2 aromatic rings. The smallest absolute Gasteiger partial charge is 0.251 e. The molecule has 0 unspecified atom stereocenters. The van der Waals surface area contributed by atoms with Crippen molar-refractivity contribution >= 4 is 5.91 Å². The highest BCUT2D eigenvalue weighted by atomic mass is 16.5. The van der Waals surface area contributed by atoms with E-state index in [-0.39, 0.29) is 5.91 Å². The molecule has 0 radical (unpaired) electrons. The molecule has 0 saturated heterocycles. The molecule has 19 heavy (non-hydrogen) atoms. The van der Waals surface area contributed by atoms with E-state index in [4.69, 9.17) is 4.74 Å². The maximum Gasteiger partial charge on any atom is 0.251 e. The predicted molar refractivity (Wildman–Crippen MR) is 73.1 cm³/mol. The molecule has 0 fully saturated rings. The molecule has 1 aromatic carbocycles. The van der Waals surface area contributed by atoms with E-state index in [1.165, 1.54) is 0 Å². The Labute approximate surface area is 112 Å². The summed E-state index contributed by atoms with van der Waals surface area (Å²) in [5.41, 5.74) is 2.74. The number of benzene rings is 1. The van der Waals surface area contributed by atoms with Gasteiger partial charge in [0.1, 0.15) is 0 Å². The van der Waals surface area contributed by atoms with E-state index in [2.05, 4.69) is 10.3 Å². The molecular weight excluding hydrogens is 240 g/mol. The van der Waals surface area contributed by atoms with Gasteiger partial charge in [-0.15, -0.1) is 0 Å². The van der Waals surface area contributed by atoms with Crippen molar-refractivity contribution in [1.82, 2.24) is 10.3 Å². The van der Waals surface area contributed by atoms with Gasteiger partial charge >= 0.3 is 0 Å².